The maximum atomic E-state index is 11.6. The van der Waals surface area contributed by atoms with E-state index in [-0.39, 0.29) is 24.1 Å². The highest BCUT2D eigenvalue weighted by atomic mass is 16.4. The molecule has 0 aromatic rings. The molecule has 7 heteroatoms. The van der Waals surface area contributed by atoms with Crippen LogP contribution in [0.15, 0.2) is 12.2 Å². The third-order valence-corrected chi connectivity index (χ3v) is 8.62. The molecule has 3 atom stereocenters. The lowest BCUT2D eigenvalue weighted by molar-refractivity contribution is -0.934. The van der Waals surface area contributed by atoms with Gasteiger partial charge in [0.05, 0.1) is 26.2 Å². The SMILES string of the molecule is CCCCCCCCCCCCC/C=C/CCCCCCCC[N+](CC(C)C(=O)[O-])(CC(C)C(=O)O)CC(C)C(=O)O. The molecular formula is C35H65NO6. The highest BCUT2D eigenvalue weighted by Gasteiger charge is 2.36. The number of carboxylic acid groups (broad SMARTS) is 3. The number of carboxylic acids is 3. The molecule has 7 nitrogen and oxygen atoms in total. The van der Waals surface area contributed by atoms with Gasteiger partial charge in [0.2, 0.25) is 0 Å². The minimum absolute atomic E-state index is 0.181. The maximum Gasteiger partial charge on any atom is 0.311 e. The Bertz CT molecular complexity index is 682. The van der Waals surface area contributed by atoms with E-state index in [0.717, 1.165) is 32.1 Å². The van der Waals surface area contributed by atoms with Crippen molar-refractivity contribution in [1.82, 2.24) is 0 Å². The number of hydrogen-bond acceptors (Lipinski definition) is 4. The van der Waals surface area contributed by atoms with Crippen molar-refractivity contribution in [2.24, 2.45) is 17.8 Å². The molecule has 0 aliphatic rings. The third kappa shape index (κ3) is 21.8. The molecule has 42 heavy (non-hydrogen) atoms. The molecule has 0 amide bonds. The molecule has 246 valence electrons. The summed E-state index contributed by atoms with van der Waals surface area (Å²) < 4.78 is 0.181. The average molecular weight is 596 g/mol. The van der Waals surface area contributed by atoms with E-state index in [1.165, 1.54) is 89.9 Å². The van der Waals surface area contributed by atoms with Gasteiger partial charge in [-0.1, -0.05) is 109 Å². The van der Waals surface area contributed by atoms with Gasteiger partial charge in [0.15, 0.2) is 0 Å². The number of aliphatic carboxylic acids is 3. The number of nitrogens with zero attached hydrogens (tertiary/aromatic N) is 1. The van der Waals surface area contributed by atoms with Crippen LogP contribution in [0.1, 0.15) is 150 Å². The third-order valence-electron chi connectivity index (χ3n) is 8.62. The Morgan fingerprint density at radius 1 is 0.571 bits per heavy atom. The first kappa shape index (κ1) is 40.1. The van der Waals surface area contributed by atoms with Crippen LogP contribution < -0.4 is 5.11 Å². The number of rotatable bonds is 30. The number of carbonyl (C=O) groups excluding carboxylic acids is 1. The molecule has 0 saturated carbocycles. The summed E-state index contributed by atoms with van der Waals surface area (Å²) in [6.07, 6.45) is 28.5. The van der Waals surface area contributed by atoms with Crippen LogP contribution in [0.4, 0.5) is 0 Å². The first-order valence-electron chi connectivity index (χ1n) is 17.2. The number of unbranched alkanes of at least 4 members (excludes halogenated alkanes) is 17. The van der Waals surface area contributed by atoms with Gasteiger partial charge in [-0.2, -0.15) is 0 Å². The van der Waals surface area contributed by atoms with Crippen molar-refractivity contribution in [3.05, 3.63) is 12.2 Å². The van der Waals surface area contributed by atoms with Gasteiger partial charge in [-0.3, -0.25) is 9.59 Å². The van der Waals surface area contributed by atoms with Crippen molar-refractivity contribution in [2.45, 2.75) is 150 Å². The number of carbonyl (C=O) groups is 3. The van der Waals surface area contributed by atoms with Gasteiger partial charge in [0.25, 0.3) is 0 Å². The smallest absolute Gasteiger partial charge is 0.311 e. The second kappa shape index (κ2) is 25.6. The lowest BCUT2D eigenvalue weighted by Gasteiger charge is -2.43. The summed E-state index contributed by atoms with van der Waals surface area (Å²) in [5.74, 6) is -5.25. The molecule has 0 heterocycles. The van der Waals surface area contributed by atoms with Crippen molar-refractivity contribution in [3.8, 4) is 0 Å². The summed E-state index contributed by atoms with van der Waals surface area (Å²) in [6.45, 7) is 8.24. The number of hydrogen-bond donors (Lipinski definition) is 2. The maximum absolute atomic E-state index is 11.6. The Balaban J connectivity index is 4.23. The summed E-state index contributed by atoms with van der Waals surface area (Å²) in [4.78, 5) is 34.8. The van der Waals surface area contributed by atoms with Crippen LogP contribution in [0.2, 0.25) is 0 Å². The van der Waals surface area contributed by atoms with Crippen LogP contribution in [0.25, 0.3) is 0 Å². The summed E-state index contributed by atoms with van der Waals surface area (Å²) in [5.41, 5.74) is 0. The van der Waals surface area contributed by atoms with Gasteiger partial charge >= 0.3 is 11.9 Å². The van der Waals surface area contributed by atoms with Crippen molar-refractivity contribution in [1.29, 1.82) is 0 Å². The Morgan fingerprint density at radius 2 is 0.905 bits per heavy atom. The quantitative estimate of drug-likeness (QED) is 0.0501. The van der Waals surface area contributed by atoms with Gasteiger partial charge < -0.3 is 24.6 Å². The van der Waals surface area contributed by atoms with Crippen molar-refractivity contribution in [2.75, 3.05) is 26.2 Å². The van der Waals surface area contributed by atoms with E-state index in [4.69, 9.17) is 0 Å². The summed E-state index contributed by atoms with van der Waals surface area (Å²) in [6, 6.07) is 0. The molecule has 0 radical (unpaired) electrons. The van der Waals surface area contributed by atoms with E-state index < -0.39 is 35.7 Å². The Hall–Kier alpha value is -1.89. The fourth-order valence-electron chi connectivity index (χ4n) is 6.05. The van der Waals surface area contributed by atoms with Gasteiger partial charge in [-0.05, 0) is 52.4 Å². The van der Waals surface area contributed by atoms with E-state index in [0.29, 0.717) is 6.54 Å². The summed E-state index contributed by atoms with van der Waals surface area (Å²) in [7, 11) is 0. The molecular weight excluding hydrogens is 530 g/mol. The van der Waals surface area contributed by atoms with Crippen LogP contribution in [0.3, 0.4) is 0 Å². The predicted molar refractivity (Wildman–Crippen MR) is 170 cm³/mol. The zero-order valence-electron chi connectivity index (χ0n) is 27.6. The van der Waals surface area contributed by atoms with Crippen molar-refractivity contribution < 1.29 is 34.2 Å². The standard InChI is InChI=1S/C35H65NO6/c1-5-6-7-8-9-10-11-12-13-14-15-16-17-18-19-20-21-22-23-24-25-26-36(27-30(2)33(37)38,28-31(3)34(39)40)29-32(4)35(41)42/h17-18,30-32H,5-16,19-29H2,1-4H3,(H2-,37,38,39,40,41,42)/b18-17+. The minimum Gasteiger partial charge on any atom is -0.550 e. The van der Waals surface area contributed by atoms with E-state index >= 15 is 0 Å². The van der Waals surface area contributed by atoms with E-state index in [9.17, 15) is 29.7 Å². The Labute approximate surface area is 257 Å². The molecule has 0 fully saturated rings. The monoisotopic (exact) mass is 595 g/mol. The Morgan fingerprint density at radius 3 is 1.26 bits per heavy atom. The van der Waals surface area contributed by atoms with Gasteiger partial charge in [-0.25, -0.2) is 0 Å². The van der Waals surface area contributed by atoms with Crippen molar-refractivity contribution >= 4 is 17.9 Å². The fraction of sp³-hybridized carbons (Fsp3) is 0.857. The van der Waals surface area contributed by atoms with Gasteiger partial charge in [-0.15, -0.1) is 0 Å². The van der Waals surface area contributed by atoms with E-state index in [2.05, 4.69) is 19.1 Å². The number of quaternary nitrogens is 1. The molecule has 0 aromatic heterocycles. The van der Waals surface area contributed by atoms with Crippen LogP contribution in [-0.4, -0.2) is 58.8 Å². The molecule has 0 saturated heterocycles. The van der Waals surface area contributed by atoms with E-state index in [1.54, 1.807) is 20.8 Å². The second-order valence-electron chi connectivity index (χ2n) is 13.0. The first-order valence-corrected chi connectivity index (χ1v) is 17.2. The number of allylic oxidation sites excluding steroid dienone is 2. The molecule has 0 spiro atoms. The fourth-order valence-corrected chi connectivity index (χ4v) is 6.05. The van der Waals surface area contributed by atoms with Gasteiger partial charge in [0.1, 0.15) is 11.8 Å². The van der Waals surface area contributed by atoms with Crippen LogP contribution in [0.5, 0.6) is 0 Å². The van der Waals surface area contributed by atoms with E-state index in [1.807, 2.05) is 0 Å². The zero-order chi connectivity index (χ0) is 31.6. The molecule has 0 aliphatic carbocycles. The largest absolute Gasteiger partial charge is 0.550 e. The van der Waals surface area contributed by atoms with Crippen LogP contribution >= 0.6 is 0 Å². The molecule has 0 aromatic carbocycles. The molecule has 0 rings (SSSR count). The zero-order valence-corrected chi connectivity index (χ0v) is 27.6. The van der Waals surface area contributed by atoms with Crippen molar-refractivity contribution in [3.63, 3.8) is 0 Å². The second-order valence-corrected chi connectivity index (χ2v) is 13.0. The predicted octanol–water partition coefficient (Wildman–Crippen LogP) is 7.62. The summed E-state index contributed by atoms with van der Waals surface area (Å²) >= 11 is 0. The first-order chi connectivity index (χ1) is 20.0. The minimum atomic E-state index is -1.18. The average Bonchev–Trinajstić information content (AvgIpc) is 2.93. The normalized spacial score (nSPS) is 15.3. The highest BCUT2D eigenvalue weighted by Crippen LogP contribution is 2.22. The van der Waals surface area contributed by atoms with Crippen LogP contribution in [0, 0.1) is 17.8 Å². The highest BCUT2D eigenvalue weighted by molar-refractivity contribution is 5.70. The Kier molecular flexibility index (Phi) is 24.4. The van der Waals surface area contributed by atoms with Gasteiger partial charge in [0, 0.05) is 11.9 Å². The van der Waals surface area contributed by atoms with Crippen LogP contribution in [-0.2, 0) is 14.4 Å². The molecule has 3 unspecified atom stereocenters. The topological polar surface area (TPSA) is 115 Å². The molecule has 2 N–H and O–H groups in total. The summed E-state index contributed by atoms with van der Waals surface area (Å²) in [5, 5.41) is 30.6. The lowest BCUT2D eigenvalue weighted by Crippen LogP contribution is -2.58. The molecule has 0 bridgehead atoms. The molecule has 0 aliphatic heterocycles. The lowest BCUT2D eigenvalue weighted by atomic mass is 10.0.